The number of halogens is 2. The Balaban J connectivity index is 1.70. The van der Waals surface area contributed by atoms with Crippen molar-refractivity contribution in [2.24, 2.45) is 0 Å². The zero-order valence-corrected chi connectivity index (χ0v) is 13.3. The molecule has 1 aliphatic heterocycles. The highest BCUT2D eigenvalue weighted by molar-refractivity contribution is 7.90. The highest BCUT2D eigenvalue weighted by atomic mass is 32.2. The molecule has 0 unspecified atom stereocenters. The minimum absolute atomic E-state index is 0.0384. The lowest BCUT2D eigenvalue weighted by Crippen LogP contribution is -2.35. The van der Waals surface area contributed by atoms with Gasteiger partial charge in [-0.25, -0.2) is 17.7 Å². The van der Waals surface area contributed by atoms with Gasteiger partial charge in [0.05, 0.1) is 5.56 Å². The number of rotatable bonds is 5. The average molecular weight is 371 g/mol. The third-order valence-electron chi connectivity index (χ3n) is 3.51. The van der Waals surface area contributed by atoms with E-state index in [1.165, 1.54) is 24.3 Å². The van der Waals surface area contributed by atoms with E-state index in [1.54, 1.807) is 0 Å². The molecule has 0 radical (unpaired) electrons. The SMILES string of the molecule is O=C(CN1C(=O)c2ccccc2S1(=O)=O)OCc1nccn1C(F)F. The van der Waals surface area contributed by atoms with Crippen molar-refractivity contribution < 1.29 is 31.5 Å². The zero-order valence-electron chi connectivity index (χ0n) is 12.5. The first-order valence-electron chi connectivity index (χ1n) is 6.94. The van der Waals surface area contributed by atoms with Crippen molar-refractivity contribution in [2.45, 2.75) is 18.1 Å². The summed E-state index contributed by atoms with van der Waals surface area (Å²) in [6.45, 7) is -4.29. The first-order valence-corrected chi connectivity index (χ1v) is 8.38. The number of nitrogens with zero attached hydrogens (tertiary/aromatic N) is 3. The zero-order chi connectivity index (χ0) is 18.2. The van der Waals surface area contributed by atoms with E-state index < -0.39 is 41.6 Å². The molecule has 0 spiro atoms. The van der Waals surface area contributed by atoms with Crippen LogP contribution in [0.25, 0.3) is 0 Å². The molecule has 0 saturated carbocycles. The molecule has 0 bridgehead atoms. The summed E-state index contributed by atoms with van der Waals surface area (Å²) >= 11 is 0. The fraction of sp³-hybridized carbons (Fsp3) is 0.214. The number of benzene rings is 1. The van der Waals surface area contributed by atoms with Crippen LogP contribution in [0.1, 0.15) is 22.7 Å². The first-order chi connectivity index (χ1) is 11.8. The quantitative estimate of drug-likeness (QED) is 0.732. The third-order valence-corrected chi connectivity index (χ3v) is 5.29. The van der Waals surface area contributed by atoms with Gasteiger partial charge in [0.2, 0.25) is 0 Å². The van der Waals surface area contributed by atoms with Crippen molar-refractivity contribution in [2.75, 3.05) is 6.54 Å². The fourth-order valence-electron chi connectivity index (χ4n) is 2.33. The predicted octanol–water partition coefficient (Wildman–Crippen LogP) is 1.17. The van der Waals surface area contributed by atoms with E-state index in [0.29, 0.717) is 8.87 Å². The van der Waals surface area contributed by atoms with Gasteiger partial charge in [-0.05, 0) is 12.1 Å². The normalized spacial score (nSPS) is 15.5. The molecule has 3 rings (SSSR count). The van der Waals surface area contributed by atoms with Crippen molar-refractivity contribution in [3.05, 3.63) is 48.0 Å². The molecule has 25 heavy (non-hydrogen) atoms. The molecule has 11 heteroatoms. The van der Waals surface area contributed by atoms with Crippen molar-refractivity contribution >= 4 is 21.9 Å². The van der Waals surface area contributed by atoms with Gasteiger partial charge in [-0.2, -0.15) is 8.78 Å². The standard InChI is InChI=1S/C14H11F2N3O5S/c15-14(16)18-6-5-17-11(18)8-24-12(20)7-19-13(21)9-3-1-2-4-10(9)25(19,22)23/h1-6,14H,7-8H2. The van der Waals surface area contributed by atoms with E-state index in [1.807, 2.05) is 0 Å². The second-order valence-electron chi connectivity index (χ2n) is 5.00. The number of hydrogen-bond acceptors (Lipinski definition) is 6. The van der Waals surface area contributed by atoms with E-state index in [-0.39, 0.29) is 16.3 Å². The molecule has 0 atom stereocenters. The topological polar surface area (TPSA) is 98.6 Å². The smallest absolute Gasteiger partial charge is 0.327 e. The molecule has 8 nitrogen and oxygen atoms in total. The molecule has 1 aliphatic rings. The van der Waals surface area contributed by atoms with Gasteiger partial charge in [-0.15, -0.1) is 0 Å². The summed E-state index contributed by atoms with van der Waals surface area (Å²) in [5.41, 5.74) is -0.0384. The van der Waals surface area contributed by atoms with Crippen LogP contribution in [-0.2, 0) is 26.2 Å². The van der Waals surface area contributed by atoms with Crippen molar-refractivity contribution in [1.29, 1.82) is 0 Å². The number of fused-ring (bicyclic) bond motifs is 1. The molecule has 0 N–H and O–H groups in total. The minimum Gasteiger partial charge on any atom is -0.456 e. The molecule has 132 valence electrons. The molecule has 2 heterocycles. The Kier molecular flexibility index (Phi) is 4.25. The van der Waals surface area contributed by atoms with E-state index in [9.17, 15) is 26.8 Å². The summed E-state index contributed by atoms with van der Waals surface area (Å²) in [5.74, 6) is -2.11. The number of alkyl halides is 2. The van der Waals surface area contributed by atoms with Gasteiger partial charge in [-0.3, -0.25) is 14.2 Å². The van der Waals surface area contributed by atoms with Crippen LogP contribution >= 0.6 is 0 Å². The van der Waals surface area contributed by atoms with Crippen LogP contribution in [0.15, 0.2) is 41.6 Å². The van der Waals surface area contributed by atoms with Gasteiger partial charge in [0, 0.05) is 12.4 Å². The Bertz CT molecular complexity index is 941. The van der Waals surface area contributed by atoms with Gasteiger partial charge < -0.3 is 4.74 Å². The van der Waals surface area contributed by atoms with E-state index in [0.717, 1.165) is 12.4 Å². The molecule has 2 aromatic rings. The summed E-state index contributed by atoms with van der Waals surface area (Å²) in [6.07, 6.45) is 2.12. The second-order valence-corrected chi connectivity index (χ2v) is 6.83. The highest BCUT2D eigenvalue weighted by Gasteiger charge is 2.42. The van der Waals surface area contributed by atoms with Crippen LogP contribution in [-0.4, -0.2) is 40.7 Å². The predicted molar refractivity (Wildman–Crippen MR) is 77.9 cm³/mol. The summed E-state index contributed by atoms with van der Waals surface area (Å²) in [4.78, 5) is 27.4. The summed E-state index contributed by atoms with van der Waals surface area (Å²) in [5, 5.41) is 0. The lowest BCUT2D eigenvalue weighted by atomic mass is 10.2. The first kappa shape index (κ1) is 17.0. The van der Waals surface area contributed by atoms with Crippen molar-refractivity contribution in [3.63, 3.8) is 0 Å². The van der Waals surface area contributed by atoms with Gasteiger partial charge >= 0.3 is 12.5 Å². The Morgan fingerprint density at radius 3 is 2.68 bits per heavy atom. The molecular formula is C14H11F2N3O5S. The Morgan fingerprint density at radius 1 is 1.28 bits per heavy atom. The number of carbonyl (C=O) groups excluding carboxylic acids is 2. The maximum Gasteiger partial charge on any atom is 0.327 e. The van der Waals surface area contributed by atoms with Crippen LogP contribution in [0.2, 0.25) is 0 Å². The van der Waals surface area contributed by atoms with Gasteiger partial charge in [0.25, 0.3) is 15.9 Å². The summed E-state index contributed by atoms with van der Waals surface area (Å²) in [6, 6.07) is 5.54. The third kappa shape index (κ3) is 2.97. The van der Waals surface area contributed by atoms with Gasteiger partial charge in [0.1, 0.15) is 18.0 Å². The monoisotopic (exact) mass is 371 g/mol. The molecule has 1 aromatic carbocycles. The Hall–Kier alpha value is -2.82. The van der Waals surface area contributed by atoms with Crippen LogP contribution in [0, 0.1) is 0 Å². The summed E-state index contributed by atoms with van der Waals surface area (Å²) in [7, 11) is -4.14. The van der Waals surface area contributed by atoms with Crippen molar-refractivity contribution in [1.82, 2.24) is 13.9 Å². The van der Waals surface area contributed by atoms with E-state index >= 15 is 0 Å². The van der Waals surface area contributed by atoms with Crippen molar-refractivity contribution in [3.8, 4) is 0 Å². The average Bonchev–Trinajstić information content (AvgIpc) is 3.12. The number of imidazole rings is 1. The lowest BCUT2D eigenvalue weighted by molar-refractivity contribution is -0.145. The molecule has 1 amide bonds. The maximum atomic E-state index is 12.7. The number of hydrogen-bond donors (Lipinski definition) is 0. The minimum atomic E-state index is -4.14. The second kappa shape index (κ2) is 6.24. The fourth-order valence-corrected chi connectivity index (χ4v) is 3.84. The maximum absolute atomic E-state index is 12.7. The van der Waals surface area contributed by atoms with Gasteiger partial charge in [-0.1, -0.05) is 12.1 Å². The van der Waals surface area contributed by atoms with E-state index in [2.05, 4.69) is 4.98 Å². The van der Waals surface area contributed by atoms with Crippen LogP contribution in [0.3, 0.4) is 0 Å². The van der Waals surface area contributed by atoms with Gasteiger partial charge in [0.15, 0.2) is 5.82 Å². The molecule has 0 aliphatic carbocycles. The number of carbonyl (C=O) groups is 2. The number of esters is 1. The summed E-state index contributed by atoms with van der Waals surface area (Å²) < 4.78 is 55.6. The van der Waals surface area contributed by atoms with Crippen LogP contribution in [0.5, 0.6) is 0 Å². The number of amides is 1. The molecule has 0 fully saturated rings. The number of sulfonamides is 1. The number of aromatic nitrogens is 2. The Morgan fingerprint density at radius 2 is 2.00 bits per heavy atom. The van der Waals surface area contributed by atoms with E-state index in [4.69, 9.17) is 4.74 Å². The molecular weight excluding hydrogens is 360 g/mol. The molecule has 1 aromatic heterocycles. The lowest BCUT2D eigenvalue weighted by Gasteiger charge is -2.14. The Labute approximate surface area is 140 Å². The highest BCUT2D eigenvalue weighted by Crippen LogP contribution is 2.29. The van der Waals surface area contributed by atoms with Crippen LogP contribution < -0.4 is 0 Å². The van der Waals surface area contributed by atoms with Crippen LogP contribution in [0.4, 0.5) is 8.78 Å². The largest absolute Gasteiger partial charge is 0.456 e. The number of ether oxygens (including phenoxy) is 1. The molecule has 0 saturated heterocycles.